The largest absolute Gasteiger partial charge is 0.439 e. The van der Waals surface area contributed by atoms with E-state index >= 15 is 0 Å². The van der Waals surface area contributed by atoms with E-state index in [1.165, 1.54) is 4.57 Å². The fourth-order valence-corrected chi connectivity index (χ4v) is 4.06. The van der Waals surface area contributed by atoms with E-state index in [0.717, 1.165) is 5.56 Å². The minimum atomic E-state index is -1.65. The summed E-state index contributed by atoms with van der Waals surface area (Å²) in [6.07, 6.45) is 1.87. The molecule has 0 radical (unpaired) electrons. The molecule has 0 bridgehead atoms. The lowest BCUT2D eigenvalue weighted by Crippen LogP contribution is -2.48. The third-order valence-electron chi connectivity index (χ3n) is 6.15. The molecule has 2 aromatic heterocycles. The molecule has 1 aliphatic heterocycles. The zero-order chi connectivity index (χ0) is 27.2. The van der Waals surface area contributed by atoms with Gasteiger partial charge in [0.05, 0.1) is 6.54 Å². The van der Waals surface area contributed by atoms with Crippen LogP contribution in [0.2, 0.25) is 5.02 Å². The van der Waals surface area contributed by atoms with Crippen LogP contribution in [0.15, 0.2) is 77.7 Å². The van der Waals surface area contributed by atoms with Crippen molar-refractivity contribution in [3.8, 4) is 11.6 Å². The first-order chi connectivity index (χ1) is 18.9. The van der Waals surface area contributed by atoms with Crippen molar-refractivity contribution in [1.82, 2.24) is 19.7 Å². The number of hydrogen-bond donors (Lipinski definition) is 3. The van der Waals surface area contributed by atoms with Crippen molar-refractivity contribution in [3.05, 3.63) is 93.9 Å². The van der Waals surface area contributed by atoms with E-state index in [-0.39, 0.29) is 44.4 Å². The molecule has 3 heterocycles. The number of pyridine rings is 1. The number of hydrogen-bond acceptors (Lipinski definition) is 9. The molecule has 0 spiro atoms. The second kappa shape index (κ2) is 11.6. The number of halogens is 1. The molecule has 2 aromatic carbocycles. The van der Waals surface area contributed by atoms with Gasteiger partial charge in [-0.1, -0.05) is 29.8 Å². The predicted molar refractivity (Wildman–Crippen MR) is 145 cm³/mol. The lowest BCUT2D eigenvalue weighted by molar-refractivity contribution is -0.143. The first-order valence-corrected chi connectivity index (χ1v) is 12.6. The molecule has 0 atom stereocenters. The highest BCUT2D eigenvalue weighted by Gasteiger charge is 2.38. The van der Waals surface area contributed by atoms with Gasteiger partial charge >= 0.3 is 0 Å². The average Bonchev–Trinajstić information content (AvgIpc) is 2.95. The Kier molecular flexibility index (Phi) is 7.82. The molecule has 0 saturated carbocycles. The van der Waals surface area contributed by atoms with Crippen LogP contribution in [-0.2, 0) is 16.1 Å². The topological polar surface area (TPSA) is 140 Å². The normalized spacial score (nSPS) is 14.4. The van der Waals surface area contributed by atoms with Gasteiger partial charge in [-0.05, 0) is 48.0 Å². The van der Waals surface area contributed by atoms with Gasteiger partial charge in [0.1, 0.15) is 11.4 Å². The minimum Gasteiger partial charge on any atom is -0.439 e. The SMILES string of the molecule is O=C(Nc1nnc(Nc2ccc(Oc3ccccn3)cc2)n(Cc2ccc(Cl)cc2)c1=O)C1(O)CCOCC1. The Bertz CT molecular complexity index is 1490. The molecule has 39 heavy (non-hydrogen) atoms. The van der Waals surface area contributed by atoms with E-state index in [4.69, 9.17) is 21.1 Å². The minimum absolute atomic E-state index is 0.116. The van der Waals surface area contributed by atoms with Crippen LogP contribution in [0.4, 0.5) is 17.5 Å². The standard InChI is InChI=1S/C27H25ClN6O5/c28-19-6-4-18(5-7-19)17-34-24(35)23(31-25(36)27(37)12-15-38-16-13-27)32-33-26(34)30-20-8-10-21(11-9-20)39-22-3-1-2-14-29-22/h1-11,14,37H,12-13,15-17H2,(H,30,33)(H,31,32,36). The summed E-state index contributed by atoms with van der Waals surface area (Å²) in [6, 6.07) is 19.4. The molecule has 11 nitrogen and oxygen atoms in total. The fraction of sp³-hybridized carbons (Fsp3) is 0.222. The van der Waals surface area contributed by atoms with E-state index in [2.05, 4.69) is 25.8 Å². The van der Waals surface area contributed by atoms with Crippen molar-refractivity contribution in [3.63, 3.8) is 0 Å². The van der Waals surface area contributed by atoms with Crippen molar-refractivity contribution < 1.29 is 19.4 Å². The van der Waals surface area contributed by atoms with E-state index in [1.807, 2.05) is 6.07 Å². The zero-order valence-electron chi connectivity index (χ0n) is 20.7. The highest BCUT2D eigenvalue weighted by molar-refractivity contribution is 6.30. The smallest absolute Gasteiger partial charge is 0.298 e. The van der Waals surface area contributed by atoms with Crippen LogP contribution in [0.5, 0.6) is 11.6 Å². The van der Waals surface area contributed by atoms with Crippen LogP contribution in [0.1, 0.15) is 18.4 Å². The van der Waals surface area contributed by atoms with E-state index in [0.29, 0.717) is 22.3 Å². The number of benzene rings is 2. The summed E-state index contributed by atoms with van der Waals surface area (Å²) < 4.78 is 12.3. The van der Waals surface area contributed by atoms with Gasteiger partial charge in [-0.3, -0.25) is 14.2 Å². The highest BCUT2D eigenvalue weighted by atomic mass is 35.5. The number of amides is 1. The van der Waals surface area contributed by atoms with Gasteiger partial charge in [-0.25, -0.2) is 4.98 Å². The molecule has 4 aromatic rings. The molecule has 0 aliphatic carbocycles. The van der Waals surface area contributed by atoms with Crippen molar-refractivity contribution in [1.29, 1.82) is 0 Å². The van der Waals surface area contributed by atoms with Crippen LogP contribution in [-0.4, -0.2) is 49.6 Å². The van der Waals surface area contributed by atoms with E-state index in [9.17, 15) is 14.7 Å². The summed E-state index contributed by atoms with van der Waals surface area (Å²) in [5.41, 5.74) is -0.850. The first-order valence-electron chi connectivity index (χ1n) is 12.2. The van der Waals surface area contributed by atoms with Gasteiger partial charge in [-0.2, -0.15) is 0 Å². The third kappa shape index (κ3) is 6.40. The average molecular weight is 549 g/mol. The van der Waals surface area contributed by atoms with Crippen molar-refractivity contribution >= 4 is 35.0 Å². The number of carbonyl (C=O) groups is 1. The van der Waals surface area contributed by atoms with Gasteiger partial charge in [0.25, 0.3) is 11.5 Å². The Hall–Kier alpha value is -4.32. The summed E-state index contributed by atoms with van der Waals surface area (Å²) in [4.78, 5) is 30.4. The number of ether oxygens (including phenoxy) is 2. The molecule has 200 valence electrons. The highest BCUT2D eigenvalue weighted by Crippen LogP contribution is 2.24. The van der Waals surface area contributed by atoms with Gasteiger partial charge in [0.15, 0.2) is 0 Å². The van der Waals surface area contributed by atoms with E-state index < -0.39 is 17.1 Å². The van der Waals surface area contributed by atoms with Crippen molar-refractivity contribution in [2.75, 3.05) is 23.8 Å². The van der Waals surface area contributed by atoms with Crippen LogP contribution in [0.3, 0.4) is 0 Å². The van der Waals surface area contributed by atoms with Gasteiger partial charge in [0.2, 0.25) is 17.6 Å². The van der Waals surface area contributed by atoms with Gasteiger partial charge < -0.3 is 25.2 Å². The number of anilines is 3. The Labute approximate surface area is 228 Å². The summed E-state index contributed by atoms with van der Waals surface area (Å²) >= 11 is 6.02. The third-order valence-corrected chi connectivity index (χ3v) is 6.40. The lowest BCUT2D eigenvalue weighted by Gasteiger charge is -2.30. The summed E-state index contributed by atoms with van der Waals surface area (Å²) in [5.74, 6) is 0.172. The zero-order valence-corrected chi connectivity index (χ0v) is 21.5. The fourth-order valence-electron chi connectivity index (χ4n) is 3.93. The van der Waals surface area contributed by atoms with Crippen molar-refractivity contribution in [2.45, 2.75) is 25.0 Å². The van der Waals surface area contributed by atoms with Gasteiger partial charge in [-0.15, -0.1) is 10.2 Å². The number of nitrogens with one attached hydrogen (secondary N) is 2. The van der Waals surface area contributed by atoms with Gasteiger partial charge in [0, 0.05) is 49.0 Å². The summed E-state index contributed by atoms with van der Waals surface area (Å²) in [6.45, 7) is 0.603. The van der Waals surface area contributed by atoms with E-state index in [1.54, 1.807) is 66.9 Å². The number of nitrogens with zero attached hydrogens (tertiary/aromatic N) is 4. The van der Waals surface area contributed by atoms with Crippen molar-refractivity contribution in [2.24, 2.45) is 0 Å². The molecule has 1 saturated heterocycles. The predicted octanol–water partition coefficient (Wildman–Crippen LogP) is 3.75. The summed E-state index contributed by atoms with van der Waals surface area (Å²) in [5, 5.41) is 24.9. The van der Waals surface area contributed by atoms with Crippen LogP contribution in [0, 0.1) is 0 Å². The lowest BCUT2D eigenvalue weighted by atomic mass is 9.93. The Morgan fingerprint density at radius 2 is 1.79 bits per heavy atom. The maximum atomic E-state index is 13.5. The number of carbonyl (C=O) groups excluding carboxylic acids is 1. The number of aromatic nitrogens is 4. The van der Waals surface area contributed by atoms with Crippen LogP contribution in [0.25, 0.3) is 0 Å². The maximum Gasteiger partial charge on any atom is 0.298 e. The first kappa shape index (κ1) is 26.3. The summed E-state index contributed by atoms with van der Waals surface area (Å²) in [7, 11) is 0. The second-order valence-electron chi connectivity index (χ2n) is 8.91. The second-order valence-corrected chi connectivity index (χ2v) is 9.34. The Morgan fingerprint density at radius 3 is 2.49 bits per heavy atom. The molecular weight excluding hydrogens is 524 g/mol. The van der Waals surface area contributed by atoms with Crippen LogP contribution < -0.4 is 20.9 Å². The molecule has 1 aliphatic rings. The molecule has 5 rings (SSSR count). The Morgan fingerprint density at radius 1 is 1.05 bits per heavy atom. The Balaban J connectivity index is 1.40. The maximum absolute atomic E-state index is 13.5. The molecule has 3 N–H and O–H groups in total. The monoisotopic (exact) mass is 548 g/mol. The molecule has 1 amide bonds. The molecular formula is C27H25ClN6O5. The number of aliphatic hydroxyl groups is 1. The molecule has 1 fully saturated rings. The van der Waals surface area contributed by atoms with Crippen LogP contribution >= 0.6 is 11.6 Å². The molecule has 12 heteroatoms. The number of rotatable bonds is 8. The quantitative estimate of drug-likeness (QED) is 0.300. The molecule has 0 unspecified atom stereocenters.